The quantitative estimate of drug-likeness (QED) is 0.797. The first kappa shape index (κ1) is 18.4. The van der Waals surface area contributed by atoms with Crippen molar-refractivity contribution >= 4 is 11.8 Å². The van der Waals surface area contributed by atoms with Crippen LogP contribution < -0.4 is 5.32 Å². The van der Waals surface area contributed by atoms with Crippen LogP contribution in [0.15, 0.2) is 24.3 Å². The smallest absolute Gasteiger partial charge is 0.254 e. The van der Waals surface area contributed by atoms with Crippen LogP contribution in [0, 0.1) is 5.82 Å². The fraction of sp³-hybridized carbons (Fsp3) is 0.529. The zero-order valence-corrected chi connectivity index (χ0v) is 14.0. The molecule has 0 aromatic heterocycles. The van der Waals surface area contributed by atoms with Gasteiger partial charge in [0.25, 0.3) is 5.91 Å². The molecule has 2 amide bonds. The number of carbonyl (C=O) groups is 2. The highest BCUT2D eigenvalue weighted by Crippen LogP contribution is 2.05. The number of carbonyl (C=O) groups excluding carboxylic acids is 2. The van der Waals surface area contributed by atoms with Crippen molar-refractivity contribution in [2.75, 3.05) is 52.5 Å². The Hall–Kier alpha value is -1.99. The van der Waals surface area contributed by atoms with E-state index in [9.17, 15) is 14.0 Å². The summed E-state index contributed by atoms with van der Waals surface area (Å²) in [4.78, 5) is 27.6. The molecule has 0 saturated carbocycles. The summed E-state index contributed by atoms with van der Waals surface area (Å²) in [5, 5.41) is 2.66. The molecule has 2 rings (SSSR count). The van der Waals surface area contributed by atoms with Crippen molar-refractivity contribution in [2.45, 2.75) is 6.92 Å². The van der Waals surface area contributed by atoms with Gasteiger partial charge < -0.3 is 15.0 Å². The third-order valence-corrected chi connectivity index (χ3v) is 4.02. The molecule has 0 aliphatic carbocycles. The molecule has 132 valence electrons. The number of nitrogens with zero attached hydrogens (tertiary/aromatic N) is 2. The van der Waals surface area contributed by atoms with Crippen LogP contribution in [0.1, 0.15) is 17.3 Å². The maximum absolute atomic E-state index is 13.5. The second kappa shape index (κ2) is 9.34. The van der Waals surface area contributed by atoms with E-state index in [0.29, 0.717) is 13.1 Å². The number of hydrogen-bond acceptors (Lipinski definition) is 4. The Morgan fingerprint density at radius 1 is 1.25 bits per heavy atom. The number of morpholine rings is 1. The molecule has 1 fully saturated rings. The standard InChI is InChI=1S/C17H24FN3O3/c1-14(22)21(9-8-20-10-12-24-13-11-20)7-6-19-17(23)15-4-2-3-5-16(15)18/h2-5H,6-13H2,1H3,(H,19,23). The Labute approximate surface area is 141 Å². The van der Waals surface area contributed by atoms with E-state index < -0.39 is 11.7 Å². The van der Waals surface area contributed by atoms with Gasteiger partial charge in [-0.1, -0.05) is 12.1 Å². The van der Waals surface area contributed by atoms with Crippen molar-refractivity contribution in [1.29, 1.82) is 0 Å². The Morgan fingerprint density at radius 2 is 1.96 bits per heavy atom. The molecule has 0 spiro atoms. The normalized spacial score (nSPS) is 15.1. The topological polar surface area (TPSA) is 61.9 Å². The van der Waals surface area contributed by atoms with Crippen LogP contribution in [-0.4, -0.2) is 74.1 Å². The highest BCUT2D eigenvalue weighted by atomic mass is 19.1. The first-order valence-corrected chi connectivity index (χ1v) is 8.16. The lowest BCUT2D eigenvalue weighted by atomic mass is 10.2. The predicted octanol–water partition coefficient (Wildman–Crippen LogP) is 0.736. The third kappa shape index (κ3) is 5.58. The lowest BCUT2D eigenvalue weighted by Gasteiger charge is -2.29. The zero-order chi connectivity index (χ0) is 17.4. The van der Waals surface area contributed by atoms with E-state index in [2.05, 4.69) is 10.2 Å². The summed E-state index contributed by atoms with van der Waals surface area (Å²) in [7, 11) is 0. The third-order valence-electron chi connectivity index (χ3n) is 4.02. The van der Waals surface area contributed by atoms with E-state index in [1.807, 2.05) is 0 Å². The van der Waals surface area contributed by atoms with Crippen molar-refractivity contribution in [3.8, 4) is 0 Å². The minimum Gasteiger partial charge on any atom is -0.379 e. The van der Waals surface area contributed by atoms with E-state index >= 15 is 0 Å². The van der Waals surface area contributed by atoms with Crippen LogP contribution in [0.5, 0.6) is 0 Å². The van der Waals surface area contributed by atoms with Gasteiger partial charge in [0, 0.05) is 46.2 Å². The van der Waals surface area contributed by atoms with Crippen molar-refractivity contribution in [2.24, 2.45) is 0 Å². The molecular weight excluding hydrogens is 313 g/mol. The van der Waals surface area contributed by atoms with Crippen LogP contribution in [0.2, 0.25) is 0 Å². The number of hydrogen-bond donors (Lipinski definition) is 1. The summed E-state index contributed by atoms with van der Waals surface area (Å²) in [5.74, 6) is -1.06. The number of halogens is 1. The summed E-state index contributed by atoms with van der Waals surface area (Å²) in [6, 6.07) is 5.84. The molecular formula is C17H24FN3O3. The van der Waals surface area contributed by atoms with E-state index in [-0.39, 0.29) is 18.0 Å². The molecule has 1 heterocycles. The Kier molecular flexibility index (Phi) is 7.14. The van der Waals surface area contributed by atoms with Gasteiger partial charge in [-0.25, -0.2) is 4.39 Å². The second-order valence-corrected chi connectivity index (χ2v) is 5.70. The van der Waals surface area contributed by atoms with E-state index in [1.165, 1.54) is 25.1 Å². The molecule has 0 unspecified atom stereocenters. The Morgan fingerprint density at radius 3 is 2.62 bits per heavy atom. The number of ether oxygens (including phenoxy) is 1. The first-order chi connectivity index (χ1) is 11.6. The maximum Gasteiger partial charge on any atom is 0.254 e. The Bertz CT molecular complexity index is 562. The molecule has 1 N–H and O–H groups in total. The van der Waals surface area contributed by atoms with E-state index in [4.69, 9.17) is 4.74 Å². The van der Waals surface area contributed by atoms with Gasteiger partial charge in [0.1, 0.15) is 5.82 Å². The summed E-state index contributed by atoms with van der Waals surface area (Å²) < 4.78 is 18.8. The van der Waals surface area contributed by atoms with E-state index in [1.54, 1.807) is 11.0 Å². The number of benzene rings is 1. The molecule has 24 heavy (non-hydrogen) atoms. The van der Waals surface area contributed by atoms with Crippen molar-refractivity contribution in [1.82, 2.24) is 15.1 Å². The number of amides is 2. The molecule has 1 aliphatic rings. The van der Waals surface area contributed by atoms with Crippen LogP contribution in [0.4, 0.5) is 4.39 Å². The second-order valence-electron chi connectivity index (χ2n) is 5.70. The maximum atomic E-state index is 13.5. The molecule has 0 bridgehead atoms. The van der Waals surface area contributed by atoms with Gasteiger partial charge in [-0.05, 0) is 12.1 Å². The van der Waals surface area contributed by atoms with Crippen molar-refractivity contribution in [3.63, 3.8) is 0 Å². The van der Waals surface area contributed by atoms with Gasteiger partial charge in [0.05, 0.1) is 18.8 Å². The van der Waals surface area contributed by atoms with Gasteiger partial charge in [-0.15, -0.1) is 0 Å². The first-order valence-electron chi connectivity index (χ1n) is 8.16. The monoisotopic (exact) mass is 337 g/mol. The van der Waals surface area contributed by atoms with E-state index in [0.717, 1.165) is 32.8 Å². The minimum absolute atomic E-state index is 0.0141. The molecule has 1 aromatic carbocycles. The summed E-state index contributed by atoms with van der Waals surface area (Å²) in [6.45, 7) is 6.77. The van der Waals surface area contributed by atoms with Crippen molar-refractivity contribution in [3.05, 3.63) is 35.6 Å². The summed E-state index contributed by atoms with van der Waals surface area (Å²) >= 11 is 0. The number of nitrogens with one attached hydrogen (secondary N) is 1. The molecule has 1 saturated heterocycles. The van der Waals surface area contributed by atoms with Crippen LogP contribution >= 0.6 is 0 Å². The summed E-state index contributed by atoms with van der Waals surface area (Å²) in [5.41, 5.74) is 0.0141. The molecule has 0 radical (unpaired) electrons. The average Bonchev–Trinajstić information content (AvgIpc) is 2.58. The fourth-order valence-electron chi connectivity index (χ4n) is 2.56. The van der Waals surface area contributed by atoms with Crippen LogP contribution in [0.25, 0.3) is 0 Å². The summed E-state index contributed by atoms with van der Waals surface area (Å²) in [6.07, 6.45) is 0. The number of rotatable bonds is 7. The molecule has 1 aromatic rings. The molecule has 7 heteroatoms. The lowest BCUT2D eigenvalue weighted by molar-refractivity contribution is -0.129. The Balaban J connectivity index is 1.75. The fourth-order valence-corrected chi connectivity index (χ4v) is 2.56. The lowest BCUT2D eigenvalue weighted by Crippen LogP contribution is -2.44. The highest BCUT2D eigenvalue weighted by molar-refractivity contribution is 5.94. The van der Waals surface area contributed by atoms with Gasteiger partial charge in [-0.2, -0.15) is 0 Å². The van der Waals surface area contributed by atoms with Gasteiger partial charge in [0.2, 0.25) is 5.91 Å². The molecule has 6 nitrogen and oxygen atoms in total. The van der Waals surface area contributed by atoms with Crippen molar-refractivity contribution < 1.29 is 18.7 Å². The van der Waals surface area contributed by atoms with Crippen LogP contribution in [0.3, 0.4) is 0 Å². The minimum atomic E-state index is -0.550. The molecule has 0 atom stereocenters. The highest BCUT2D eigenvalue weighted by Gasteiger charge is 2.15. The predicted molar refractivity (Wildman–Crippen MR) is 88.2 cm³/mol. The van der Waals surface area contributed by atoms with Gasteiger partial charge in [0.15, 0.2) is 0 Å². The SMILES string of the molecule is CC(=O)N(CCNC(=O)c1ccccc1F)CCN1CCOCC1. The average molecular weight is 337 g/mol. The largest absolute Gasteiger partial charge is 0.379 e. The van der Waals surface area contributed by atoms with Gasteiger partial charge in [-0.3, -0.25) is 14.5 Å². The van der Waals surface area contributed by atoms with Gasteiger partial charge >= 0.3 is 0 Å². The zero-order valence-electron chi connectivity index (χ0n) is 14.0. The van der Waals surface area contributed by atoms with Crippen LogP contribution in [-0.2, 0) is 9.53 Å². The molecule has 1 aliphatic heterocycles.